The third-order valence-electron chi connectivity index (χ3n) is 3.92. The smallest absolute Gasteiger partial charge is 0.0352 e. The van der Waals surface area contributed by atoms with Gasteiger partial charge in [0.2, 0.25) is 0 Å². The number of nitrogens with one attached hydrogen (secondary N) is 1. The molecule has 0 bridgehead atoms. The summed E-state index contributed by atoms with van der Waals surface area (Å²) in [5, 5.41) is 6.30. The predicted octanol–water partition coefficient (Wildman–Crippen LogP) is 3.82. The normalized spacial score (nSPS) is 17.3. The minimum absolute atomic E-state index is 0.528. The van der Waals surface area contributed by atoms with E-state index < -0.39 is 0 Å². The fraction of sp³-hybridized carbons (Fsp3) is 0.375. The number of aryl methyl sites for hydroxylation is 1. The van der Waals surface area contributed by atoms with Gasteiger partial charge in [0.1, 0.15) is 0 Å². The monoisotopic (exact) mass is 225 g/mol. The Morgan fingerprint density at radius 2 is 1.76 bits per heavy atom. The summed E-state index contributed by atoms with van der Waals surface area (Å²) < 4.78 is 0. The molecule has 0 saturated heterocycles. The third-order valence-corrected chi connectivity index (χ3v) is 3.92. The SMILES string of the molecule is CNC(c1ccc(C)c2ccccc12)C1CC1. The minimum Gasteiger partial charge on any atom is -0.313 e. The molecule has 1 saturated carbocycles. The van der Waals surface area contributed by atoms with E-state index in [2.05, 4.69) is 55.7 Å². The Kier molecular flexibility index (Phi) is 2.64. The van der Waals surface area contributed by atoms with Crippen LogP contribution in [0.1, 0.15) is 30.0 Å². The van der Waals surface area contributed by atoms with Gasteiger partial charge in [0.15, 0.2) is 0 Å². The molecule has 1 unspecified atom stereocenters. The van der Waals surface area contributed by atoms with Gasteiger partial charge in [-0.3, -0.25) is 0 Å². The van der Waals surface area contributed by atoms with E-state index in [9.17, 15) is 0 Å². The van der Waals surface area contributed by atoms with E-state index in [-0.39, 0.29) is 0 Å². The molecule has 1 nitrogen and oxygen atoms in total. The van der Waals surface area contributed by atoms with Gasteiger partial charge in [-0.25, -0.2) is 0 Å². The molecule has 2 aromatic rings. The molecule has 1 aliphatic rings. The molecule has 0 amide bonds. The molecule has 1 fully saturated rings. The lowest BCUT2D eigenvalue weighted by Crippen LogP contribution is -2.18. The van der Waals surface area contributed by atoms with Crippen LogP contribution in [0, 0.1) is 12.8 Å². The summed E-state index contributed by atoms with van der Waals surface area (Å²) in [5.74, 6) is 0.839. The fourth-order valence-electron chi connectivity index (χ4n) is 2.82. The van der Waals surface area contributed by atoms with Gasteiger partial charge in [0.05, 0.1) is 0 Å². The van der Waals surface area contributed by atoms with E-state index in [4.69, 9.17) is 0 Å². The maximum absolute atomic E-state index is 3.49. The van der Waals surface area contributed by atoms with Gasteiger partial charge in [-0.15, -0.1) is 0 Å². The van der Waals surface area contributed by atoms with Crippen LogP contribution in [-0.2, 0) is 0 Å². The van der Waals surface area contributed by atoms with Crippen LogP contribution < -0.4 is 5.32 Å². The Morgan fingerprint density at radius 3 is 2.41 bits per heavy atom. The molecule has 1 atom stereocenters. The van der Waals surface area contributed by atoms with E-state index in [0.29, 0.717) is 6.04 Å². The largest absolute Gasteiger partial charge is 0.313 e. The Hall–Kier alpha value is -1.34. The molecule has 88 valence electrons. The van der Waals surface area contributed by atoms with Crippen molar-refractivity contribution in [3.63, 3.8) is 0 Å². The van der Waals surface area contributed by atoms with E-state index >= 15 is 0 Å². The first-order valence-corrected chi connectivity index (χ1v) is 6.47. The molecule has 17 heavy (non-hydrogen) atoms. The Morgan fingerprint density at radius 1 is 1.06 bits per heavy atom. The molecule has 0 radical (unpaired) electrons. The first-order valence-electron chi connectivity index (χ1n) is 6.47. The molecule has 1 heteroatoms. The zero-order valence-electron chi connectivity index (χ0n) is 10.5. The van der Waals surface area contributed by atoms with Crippen molar-refractivity contribution in [2.24, 2.45) is 5.92 Å². The van der Waals surface area contributed by atoms with Crippen molar-refractivity contribution in [2.75, 3.05) is 7.05 Å². The summed E-state index contributed by atoms with van der Waals surface area (Å²) >= 11 is 0. The Bertz CT molecular complexity index is 540. The molecule has 0 aromatic heterocycles. The molecular formula is C16H19N. The van der Waals surface area contributed by atoms with E-state index in [1.54, 1.807) is 0 Å². The van der Waals surface area contributed by atoms with Crippen LogP contribution in [0.3, 0.4) is 0 Å². The van der Waals surface area contributed by atoms with Crippen molar-refractivity contribution in [1.82, 2.24) is 5.32 Å². The van der Waals surface area contributed by atoms with E-state index in [0.717, 1.165) is 5.92 Å². The lowest BCUT2D eigenvalue weighted by atomic mass is 9.93. The lowest BCUT2D eigenvalue weighted by Gasteiger charge is -2.19. The number of fused-ring (bicyclic) bond motifs is 1. The summed E-state index contributed by atoms with van der Waals surface area (Å²) in [5.41, 5.74) is 2.84. The van der Waals surface area contributed by atoms with Gasteiger partial charge in [0.25, 0.3) is 0 Å². The van der Waals surface area contributed by atoms with Crippen molar-refractivity contribution >= 4 is 10.8 Å². The standard InChI is InChI=1S/C16H19N/c1-11-7-10-15(16(17-2)12-8-9-12)14-6-4-3-5-13(11)14/h3-7,10,12,16-17H,8-9H2,1-2H3. The second-order valence-electron chi connectivity index (χ2n) is 5.12. The molecule has 1 N–H and O–H groups in total. The van der Waals surface area contributed by atoms with E-state index in [1.807, 2.05) is 0 Å². The average Bonchev–Trinajstić information content (AvgIpc) is 3.18. The van der Waals surface area contributed by atoms with Crippen LogP contribution in [0.15, 0.2) is 36.4 Å². The van der Waals surface area contributed by atoms with Crippen molar-refractivity contribution in [3.05, 3.63) is 47.5 Å². The number of rotatable bonds is 3. The maximum atomic E-state index is 3.49. The Labute approximate surface area is 103 Å². The highest BCUT2D eigenvalue weighted by atomic mass is 14.9. The highest BCUT2D eigenvalue weighted by Crippen LogP contribution is 2.42. The summed E-state index contributed by atoms with van der Waals surface area (Å²) in [6.45, 7) is 2.19. The second kappa shape index (κ2) is 4.15. The fourth-order valence-corrected chi connectivity index (χ4v) is 2.82. The zero-order chi connectivity index (χ0) is 11.8. The molecule has 2 aromatic carbocycles. The van der Waals surface area contributed by atoms with Crippen molar-refractivity contribution in [3.8, 4) is 0 Å². The number of hydrogen-bond acceptors (Lipinski definition) is 1. The van der Waals surface area contributed by atoms with Crippen LogP contribution >= 0.6 is 0 Å². The summed E-state index contributed by atoms with van der Waals surface area (Å²) in [4.78, 5) is 0. The first kappa shape index (κ1) is 10.8. The van der Waals surface area contributed by atoms with Gasteiger partial charge in [-0.2, -0.15) is 0 Å². The van der Waals surface area contributed by atoms with Gasteiger partial charge < -0.3 is 5.32 Å². The highest BCUT2D eigenvalue weighted by Gasteiger charge is 2.31. The molecule has 0 spiro atoms. The second-order valence-corrected chi connectivity index (χ2v) is 5.12. The van der Waals surface area contributed by atoms with Gasteiger partial charge in [0, 0.05) is 6.04 Å². The molecule has 0 aliphatic heterocycles. The molecular weight excluding hydrogens is 206 g/mol. The number of hydrogen-bond donors (Lipinski definition) is 1. The third kappa shape index (κ3) is 1.85. The maximum Gasteiger partial charge on any atom is 0.0352 e. The van der Waals surface area contributed by atoms with E-state index in [1.165, 1.54) is 34.7 Å². The highest BCUT2D eigenvalue weighted by molar-refractivity contribution is 5.89. The lowest BCUT2D eigenvalue weighted by molar-refractivity contribution is 0.532. The van der Waals surface area contributed by atoms with Gasteiger partial charge >= 0.3 is 0 Å². The van der Waals surface area contributed by atoms with Crippen LogP contribution in [-0.4, -0.2) is 7.05 Å². The topological polar surface area (TPSA) is 12.0 Å². The average molecular weight is 225 g/mol. The molecule has 0 heterocycles. The Balaban J connectivity index is 2.18. The molecule has 3 rings (SSSR count). The number of benzene rings is 2. The molecule has 1 aliphatic carbocycles. The summed E-state index contributed by atoms with van der Waals surface area (Å²) in [6, 6.07) is 13.8. The quantitative estimate of drug-likeness (QED) is 0.837. The predicted molar refractivity (Wildman–Crippen MR) is 73.2 cm³/mol. The van der Waals surface area contributed by atoms with Crippen molar-refractivity contribution in [2.45, 2.75) is 25.8 Å². The van der Waals surface area contributed by atoms with Gasteiger partial charge in [-0.1, -0.05) is 36.4 Å². The zero-order valence-corrected chi connectivity index (χ0v) is 10.5. The minimum atomic E-state index is 0.528. The van der Waals surface area contributed by atoms with Crippen LogP contribution in [0.4, 0.5) is 0 Å². The van der Waals surface area contributed by atoms with Crippen LogP contribution in [0.5, 0.6) is 0 Å². The van der Waals surface area contributed by atoms with Gasteiger partial charge in [-0.05, 0) is 54.6 Å². The first-order chi connectivity index (χ1) is 8.31. The van der Waals surface area contributed by atoms with Crippen molar-refractivity contribution < 1.29 is 0 Å². The summed E-state index contributed by atoms with van der Waals surface area (Å²) in [6.07, 6.45) is 2.74. The van der Waals surface area contributed by atoms with Crippen LogP contribution in [0.25, 0.3) is 10.8 Å². The van der Waals surface area contributed by atoms with Crippen LogP contribution in [0.2, 0.25) is 0 Å². The van der Waals surface area contributed by atoms with Crippen molar-refractivity contribution in [1.29, 1.82) is 0 Å². The summed E-state index contributed by atoms with van der Waals surface area (Å²) in [7, 11) is 2.08.